The van der Waals surface area contributed by atoms with E-state index in [2.05, 4.69) is 14.8 Å². The number of rotatable bonds is 2. The summed E-state index contributed by atoms with van der Waals surface area (Å²) in [6.45, 7) is 6.44. The van der Waals surface area contributed by atoms with Crippen molar-refractivity contribution in [2.75, 3.05) is 31.1 Å². The molecule has 1 aromatic rings. The molecule has 2 fully saturated rings. The van der Waals surface area contributed by atoms with Gasteiger partial charge in [-0.15, -0.1) is 0 Å². The van der Waals surface area contributed by atoms with Crippen molar-refractivity contribution in [3.63, 3.8) is 0 Å². The molecule has 0 radical (unpaired) electrons. The highest BCUT2D eigenvalue weighted by atomic mass is 16.3. The van der Waals surface area contributed by atoms with Crippen LogP contribution >= 0.6 is 0 Å². The van der Waals surface area contributed by atoms with Crippen LogP contribution in [0.2, 0.25) is 0 Å². The van der Waals surface area contributed by atoms with Crippen molar-refractivity contribution in [2.45, 2.75) is 38.3 Å². The van der Waals surface area contributed by atoms with E-state index >= 15 is 0 Å². The number of nitrogens with zero attached hydrogens (tertiary/aromatic N) is 3. The number of anilines is 1. The molecule has 3 rings (SSSR count). The Morgan fingerprint density at radius 2 is 2.16 bits per heavy atom. The monoisotopic (exact) mass is 261 g/mol. The lowest BCUT2D eigenvalue weighted by molar-refractivity contribution is 0.199. The largest absolute Gasteiger partial charge is 0.389 e. The standard InChI is InChI=1S/C15H23N3O/c1-12(19)13-5-6-16-15(10-13)18-9-3-8-17-7-2-4-14(17)11-18/h5-6,10,12,14,19H,2-4,7-9,11H2,1H3. The fourth-order valence-electron chi connectivity index (χ4n) is 3.28. The van der Waals surface area contributed by atoms with E-state index in [0.717, 1.165) is 24.5 Å². The fourth-order valence-corrected chi connectivity index (χ4v) is 3.28. The summed E-state index contributed by atoms with van der Waals surface area (Å²) in [6.07, 6.45) is 5.24. The van der Waals surface area contributed by atoms with Gasteiger partial charge in [0.1, 0.15) is 5.82 Å². The third-order valence-electron chi connectivity index (χ3n) is 4.38. The number of aliphatic hydroxyl groups is 1. The first-order valence-corrected chi connectivity index (χ1v) is 7.37. The average molecular weight is 261 g/mol. The molecule has 4 heteroatoms. The normalized spacial score (nSPS) is 26.0. The molecule has 2 unspecified atom stereocenters. The molecule has 0 aliphatic carbocycles. The van der Waals surface area contributed by atoms with Gasteiger partial charge in [-0.25, -0.2) is 4.98 Å². The van der Waals surface area contributed by atoms with Gasteiger partial charge in [-0.2, -0.15) is 0 Å². The summed E-state index contributed by atoms with van der Waals surface area (Å²) in [6, 6.07) is 4.63. The second kappa shape index (κ2) is 5.47. The minimum absolute atomic E-state index is 0.420. The quantitative estimate of drug-likeness (QED) is 0.881. The maximum absolute atomic E-state index is 9.70. The molecule has 0 saturated carbocycles. The zero-order valence-corrected chi connectivity index (χ0v) is 11.6. The highest BCUT2D eigenvalue weighted by Crippen LogP contribution is 2.25. The molecular weight excluding hydrogens is 238 g/mol. The van der Waals surface area contributed by atoms with Crippen molar-refractivity contribution in [1.29, 1.82) is 0 Å². The summed E-state index contributed by atoms with van der Waals surface area (Å²) in [5, 5.41) is 9.70. The second-order valence-corrected chi connectivity index (χ2v) is 5.75. The second-order valence-electron chi connectivity index (χ2n) is 5.75. The van der Waals surface area contributed by atoms with Crippen molar-refractivity contribution in [3.8, 4) is 0 Å². The molecule has 0 bridgehead atoms. The summed E-state index contributed by atoms with van der Waals surface area (Å²) in [5.74, 6) is 1.02. The first-order chi connectivity index (χ1) is 9.24. The number of aromatic nitrogens is 1. The van der Waals surface area contributed by atoms with Crippen molar-refractivity contribution < 1.29 is 5.11 Å². The zero-order valence-electron chi connectivity index (χ0n) is 11.6. The van der Waals surface area contributed by atoms with Crippen molar-refractivity contribution in [3.05, 3.63) is 23.9 Å². The summed E-state index contributed by atoms with van der Waals surface area (Å²) < 4.78 is 0. The first-order valence-electron chi connectivity index (χ1n) is 7.37. The molecule has 0 aromatic carbocycles. The predicted molar refractivity (Wildman–Crippen MR) is 76.3 cm³/mol. The van der Waals surface area contributed by atoms with Crippen LogP contribution in [0.25, 0.3) is 0 Å². The van der Waals surface area contributed by atoms with Crippen molar-refractivity contribution >= 4 is 5.82 Å². The van der Waals surface area contributed by atoms with Crippen LogP contribution in [0.15, 0.2) is 18.3 Å². The van der Waals surface area contributed by atoms with E-state index in [-0.39, 0.29) is 0 Å². The van der Waals surface area contributed by atoms with Crippen LogP contribution < -0.4 is 4.90 Å². The molecule has 2 aliphatic rings. The van der Waals surface area contributed by atoms with Crippen LogP contribution in [-0.2, 0) is 0 Å². The van der Waals surface area contributed by atoms with E-state index in [4.69, 9.17) is 0 Å². The third kappa shape index (κ3) is 2.74. The van der Waals surface area contributed by atoms with E-state index in [1.54, 1.807) is 6.92 Å². The van der Waals surface area contributed by atoms with Crippen LogP contribution in [0.1, 0.15) is 37.9 Å². The molecule has 2 saturated heterocycles. The number of aliphatic hydroxyl groups excluding tert-OH is 1. The van der Waals surface area contributed by atoms with Crippen LogP contribution in [-0.4, -0.2) is 47.2 Å². The van der Waals surface area contributed by atoms with Gasteiger partial charge in [0.15, 0.2) is 0 Å². The Bertz CT molecular complexity index is 435. The van der Waals surface area contributed by atoms with Crippen LogP contribution in [0.3, 0.4) is 0 Å². The van der Waals surface area contributed by atoms with Gasteiger partial charge in [0.2, 0.25) is 0 Å². The molecule has 104 valence electrons. The zero-order chi connectivity index (χ0) is 13.2. The summed E-state index contributed by atoms with van der Waals surface area (Å²) >= 11 is 0. The Labute approximate surface area is 115 Å². The van der Waals surface area contributed by atoms with Gasteiger partial charge in [-0.3, -0.25) is 4.90 Å². The number of hydrogen-bond donors (Lipinski definition) is 1. The topological polar surface area (TPSA) is 39.6 Å². The van der Waals surface area contributed by atoms with E-state index in [1.165, 1.54) is 32.4 Å². The Balaban J connectivity index is 1.79. The maximum Gasteiger partial charge on any atom is 0.128 e. The fraction of sp³-hybridized carbons (Fsp3) is 0.667. The lowest BCUT2D eigenvalue weighted by Gasteiger charge is -2.26. The number of pyridine rings is 1. The Morgan fingerprint density at radius 1 is 1.32 bits per heavy atom. The first kappa shape index (κ1) is 12.9. The predicted octanol–water partition coefficient (Wildman–Crippen LogP) is 1.81. The molecule has 4 nitrogen and oxygen atoms in total. The van der Waals surface area contributed by atoms with Gasteiger partial charge in [0.25, 0.3) is 0 Å². The molecule has 2 atom stereocenters. The molecule has 0 amide bonds. The molecule has 2 aliphatic heterocycles. The molecule has 1 N–H and O–H groups in total. The molecule has 1 aromatic heterocycles. The average Bonchev–Trinajstić information content (AvgIpc) is 2.76. The Hall–Kier alpha value is -1.13. The van der Waals surface area contributed by atoms with Gasteiger partial charge < -0.3 is 10.0 Å². The van der Waals surface area contributed by atoms with Crippen molar-refractivity contribution in [2.24, 2.45) is 0 Å². The minimum Gasteiger partial charge on any atom is -0.389 e. The van der Waals surface area contributed by atoms with Crippen LogP contribution in [0.4, 0.5) is 5.82 Å². The molecule has 19 heavy (non-hydrogen) atoms. The van der Waals surface area contributed by atoms with Gasteiger partial charge >= 0.3 is 0 Å². The highest BCUT2D eigenvalue weighted by molar-refractivity contribution is 5.42. The third-order valence-corrected chi connectivity index (χ3v) is 4.38. The molecular formula is C15H23N3O. The van der Waals surface area contributed by atoms with Gasteiger partial charge in [-0.1, -0.05) is 0 Å². The van der Waals surface area contributed by atoms with E-state index in [1.807, 2.05) is 18.3 Å². The van der Waals surface area contributed by atoms with Crippen LogP contribution in [0, 0.1) is 0 Å². The maximum atomic E-state index is 9.70. The molecule has 0 spiro atoms. The lowest BCUT2D eigenvalue weighted by Crippen LogP contribution is -2.37. The Morgan fingerprint density at radius 3 is 3.00 bits per heavy atom. The smallest absolute Gasteiger partial charge is 0.128 e. The summed E-state index contributed by atoms with van der Waals surface area (Å²) in [7, 11) is 0. The van der Waals surface area contributed by atoms with Gasteiger partial charge in [0, 0.05) is 31.9 Å². The van der Waals surface area contributed by atoms with E-state index < -0.39 is 6.10 Å². The molecule has 3 heterocycles. The minimum atomic E-state index is -0.420. The van der Waals surface area contributed by atoms with Gasteiger partial charge in [0.05, 0.1) is 6.10 Å². The summed E-state index contributed by atoms with van der Waals surface area (Å²) in [5.41, 5.74) is 0.956. The van der Waals surface area contributed by atoms with E-state index in [0.29, 0.717) is 6.04 Å². The SMILES string of the molecule is CC(O)c1ccnc(N2CCCN3CCCC3C2)c1. The van der Waals surface area contributed by atoms with Gasteiger partial charge in [-0.05, 0) is 50.4 Å². The van der Waals surface area contributed by atoms with Crippen molar-refractivity contribution in [1.82, 2.24) is 9.88 Å². The lowest BCUT2D eigenvalue weighted by atomic mass is 10.1. The number of hydrogen-bond acceptors (Lipinski definition) is 4. The van der Waals surface area contributed by atoms with E-state index in [9.17, 15) is 5.11 Å². The summed E-state index contributed by atoms with van der Waals surface area (Å²) in [4.78, 5) is 9.51. The Kier molecular flexibility index (Phi) is 3.71. The van der Waals surface area contributed by atoms with Crippen LogP contribution in [0.5, 0.6) is 0 Å². The number of fused-ring (bicyclic) bond motifs is 1. The highest BCUT2D eigenvalue weighted by Gasteiger charge is 2.29.